The van der Waals surface area contributed by atoms with Crippen molar-refractivity contribution < 1.29 is 13.9 Å². The maximum Gasteiger partial charge on any atom is 0.227 e. The van der Waals surface area contributed by atoms with Crippen molar-refractivity contribution in [3.05, 3.63) is 73.1 Å². The van der Waals surface area contributed by atoms with Gasteiger partial charge in [-0.15, -0.1) is 0 Å². The van der Waals surface area contributed by atoms with E-state index in [1.165, 1.54) is 12.1 Å². The number of nitrogens with zero attached hydrogens (tertiary/aromatic N) is 5. The molecule has 10 nitrogen and oxygen atoms in total. The quantitative estimate of drug-likeness (QED) is 0.174. The van der Waals surface area contributed by atoms with E-state index >= 15 is 0 Å². The molecule has 1 amide bonds. The number of H-pyrrole nitrogens is 2. The molecule has 0 aliphatic heterocycles. The van der Waals surface area contributed by atoms with Crippen molar-refractivity contribution in [3.63, 3.8) is 0 Å². The van der Waals surface area contributed by atoms with Gasteiger partial charge in [0.15, 0.2) is 0 Å². The average Bonchev–Trinajstić information content (AvgIpc) is 3.80. The molecule has 5 aromatic heterocycles. The fourth-order valence-corrected chi connectivity index (χ4v) is 5.91. The van der Waals surface area contributed by atoms with Crippen LogP contribution >= 0.6 is 0 Å². The summed E-state index contributed by atoms with van der Waals surface area (Å²) in [5.74, 6) is 0.211. The minimum Gasteiger partial charge on any atom is -0.492 e. The molecule has 0 bridgehead atoms. The molecule has 0 unspecified atom stereocenters. The summed E-state index contributed by atoms with van der Waals surface area (Å²) in [4.78, 5) is 31.6. The number of halogens is 1. The van der Waals surface area contributed by atoms with Crippen LogP contribution in [0.5, 0.6) is 5.75 Å². The van der Waals surface area contributed by atoms with Crippen molar-refractivity contribution in [2.24, 2.45) is 5.92 Å². The Bertz CT molecular complexity index is 2010. The number of likely N-dealkylation sites (N-methyl/N-ethyl adjacent to an activating group) is 1. The molecule has 0 saturated heterocycles. The van der Waals surface area contributed by atoms with Gasteiger partial charge < -0.3 is 19.9 Å². The standard InChI is InChI=1S/C34H33FN8O2/c1-43(2)9-10-45-25-13-21(11-23(35)14-25)26-7-8-37-33-27(26)15-30(40-33)32-28-16-29(38-19-31(28)41-42-32)22-12-24(18-36-17-22)39-34(44)20-5-3-4-6-20/h7-8,11-20H,3-6,9-10H2,1-2H3,(H,37,40)(H,39,44)(H,41,42). The van der Waals surface area contributed by atoms with Gasteiger partial charge in [-0.1, -0.05) is 12.8 Å². The Morgan fingerprint density at radius 3 is 2.73 bits per heavy atom. The highest BCUT2D eigenvalue weighted by atomic mass is 19.1. The second-order valence-corrected chi connectivity index (χ2v) is 11.8. The number of amides is 1. The van der Waals surface area contributed by atoms with Crippen LogP contribution in [-0.2, 0) is 4.79 Å². The first-order chi connectivity index (χ1) is 21.9. The third-order valence-corrected chi connectivity index (χ3v) is 8.25. The lowest BCUT2D eigenvalue weighted by Gasteiger charge is -2.12. The lowest BCUT2D eigenvalue weighted by Crippen LogP contribution is -2.20. The van der Waals surface area contributed by atoms with Crippen LogP contribution in [0.25, 0.3) is 55.7 Å². The zero-order valence-corrected chi connectivity index (χ0v) is 25.1. The number of rotatable bonds is 9. The third-order valence-electron chi connectivity index (χ3n) is 8.25. The summed E-state index contributed by atoms with van der Waals surface area (Å²) in [6, 6.07) is 12.4. The SMILES string of the molecule is CN(C)CCOc1cc(F)cc(-c2ccnc3[nH]c(-c4n[nH]c5cnc(-c6cncc(NC(=O)C7CCCC7)c6)cc45)cc23)c1. The van der Waals surface area contributed by atoms with Crippen LogP contribution in [0, 0.1) is 11.7 Å². The average molecular weight is 605 g/mol. The van der Waals surface area contributed by atoms with E-state index in [1.54, 1.807) is 24.8 Å². The van der Waals surface area contributed by atoms with Crippen molar-refractivity contribution in [2.45, 2.75) is 25.7 Å². The highest BCUT2D eigenvalue weighted by Gasteiger charge is 2.23. The van der Waals surface area contributed by atoms with Crippen LogP contribution in [-0.4, -0.2) is 68.2 Å². The summed E-state index contributed by atoms with van der Waals surface area (Å²) in [6.45, 7) is 1.18. The first-order valence-corrected chi connectivity index (χ1v) is 15.1. The van der Waals surface area contributed by atoms with Gasteiger partial charge in [0.1, 0.15) is 29.5 Å². The highest BCUT2D eigenvalue weighted by Crippen LogP contribution is 2.36. The molecule has 228 valence electrons. The Kier molecular flexibility index (Phi) is 7.68. The number of benzene rings is 1. The first-order valence-electron chi connectivity index (χ1n) is 15.1. The van der Waals surface area contributed by atoms with Crippen molar-refractivity contribution >= 4 is 33.5 Å². The van der Waals surface area contributed by atoms with Crippen LogP contribution < -0.4 is 10.1 Å². The summed E-state index contributed by atoms with van der Waals surface area (Å²) in [5, 5.41) is 12.4. The molecule has 0 spiro atoms. The summed E-state index contributed by atoms with van der Waals surface area (Å²) < 4.78 is 20.5. The number of carbonyl (C=O) groups is 1. The molecule has 7 rings (SSSR count). The zero-order chi connectivity index (χ0) is 30.9. The molecule has 1 saturated carbocycles. The number of fused-ring (bicyclic) bond motifs is 2. The fraction of sp³-hybridized carbons (Fsp3) is 0.265. The third kappa shape index (κ3) is 5.99. The summed E-state index contributed by atoms with van der Waals surface area (Å²) in [5.41, 5.74) is 6.52. The Balaban J connectivity index is 1.20. The zero-order valence-electron chi connectivity index (χ0n) is 25.1. The topological polar surface area (TPSA) is 125 Å². The smallest absolute Gasteiger partial charge is 0.227 e. The van der Waals surface area contributed by atoms with Gasteiger partial charge in [0.2, 0.25) is 5.91 Å². The van der Waals surface area contributed by atoms with Crippen molar-refractivity contribution in [1.29, 1.82) is 0 Å². The molecule has 1 aromatic carbocycles. The van der Waals surface area contributed by atoms with Crippen LogP contribution in [0.15, 0.2) is 67.3 Å². The molecule has 0 radical (unpaired) electrons. The number of pyridine rings is 3. The Hall–Kier alpha value is -5.16. The van der Waals surface area contributed by atoms with Crippen LogP contribution in [0.3, 0.4) is 0 Å². The van der Waals surface area contributed by atoms with Crippen LogP contribution in [0.1, 0.15) is 25.7 Å². The van der Waals surface area contributed by atoms with Gasteiger partial charge in [-0.25, -0.2) is 9.37 Å². The monoisotopic (exact) mass is 604 g/mol. The van der Waals surface area contributed by atoms with E-state index in [1.807, 2.05) is 49.3 Å². The molecule has 1 fully saturated rings. The molecule has 45 heavy (non-hydrogen) atoms. The van der Waals surface area contributed by atoms with Gasteiger partial charge in [-0.3, -0.25) is 19.9 Å². The first kappa shape index (κ1) is 28.6. The van der Waals surface area contributed by atoms with Crippen LogP contribution in [0.4, 0.5) is 10.1 Å². The lowest BCUT2D eigenvalue weighted by molar-refractivity contribution is -0.119. The van der Waals surface area contributed by atoms with Crippen molar-refractivity contribution in [1.82, 2.24) is 35.0 Å². The number of hydrogen-bond acceptors (Lipinski definition) is 7. The minimum atomic E-state index is -0.372. The van der Waals surface area contributed by atoms with E-state index in [-0.39, 0.29) is 17.6 Å². The van der Waals surface area contributed by atoms with Gasteiger partial charge in [0.05, 0.1) is 35.0 Å². The Morgan fingerprint density at radius 1 is 1.02 bits per heavy atom. The predicted molar refractivity (Wildman–Crippen MR) is 172 cm³/mol. The Morgan fingerprint density at radius 2 is 1.89 bits per heavy atom. The van der Waals surface area contributed by atoms with Crippen LogP contribution in [0.2, 0.25) is 0 Å². The number of hydrogen-bond donors (Lipinski definition) is 3. The number of aromatic nitrogens is 6. The minimum absolute atomic E-state index is 0.0464. The second-order valence-electron chi connectivity index (χ2n) is 11.8. The van der Waals surface area contributed by atoms with Gasteiger partial charge in [0, 0.05) is 47.3 Å². The van der Waals surface area contributed by atoms with Crippen molar-refractivity contribution in [2.75, 3.05) is 32.6 Å². The lowest BCUT2D eigenvalue weighted by atomic mass is 10.0. The Labute approximate surface area is 259 Å². The van der Waals surface area contributed by atoms with Gasteiger partial charge in [0.25, 0.3) is 0 Å². The molecule has 1 aliphatic carbocycles. The van der Waals surface area contributed by atoms with E-state index in [4.69, 9.17) is 4.74 Å². The fourth-order valence-electron chi connectivity index (χ4n) is 5.91. The molecule has 6 aromatic rings. The number of carbonyl (C=O) groups excluding carboxylic acids is 1. The normalized spacial score (nSPS) is 13.7. The van der Waals surface area contributed by atoms with E-state index in [2.05, 4.69) is 35.5 Å². The number of anilines is 1. The highest BCUT2D eigenvalue weighted by molar-refractivity contribution is 6.00. The van der Waals surface area contributed by atoms with E-state index < -0.39 is 0 Å². The van der Waals surface area contributed by atoms with E-state index in [0.717, 1.165) is 65.3 Å². The molecule has 1 aliphatic rings. The van der Waals surface area contributed by atoms with Gasteiger partial charge >= 0.3 is 0 Å². The maximum atomic E-state index is 14.7. The van der Waals surface area contributed by atoms with Crippen molar-refractivity contribution in [3.8, 4) is 39.5 Å². The van der Waals surface area contributed by atoms with E-state index in [0.29, 0.717) is 40.6 Å². The summed E-state index contributed by atoms with van der Waals surface area (Å²) >= 11 is 0. The predicted octanol–water partition coefficient (Wildman–Crippen LogP) is 6.44. The second kappa shape index (κ2) is 12.1. The van der Waals surface area contributed by atoms with Gasteiger partial charge in [-0.2, -0.15) is 5.10 Å². The summed E-state index contributed by atoms with van der Waals surface area (Å²) in [7, 11) is 3.93. The van der Waals surface area contributed by atoms with E-state index in [9.17, 15) is 9.18 Å². The number of aromatic amines is 2. The molecule has 11 heteroatoms. The maximum absolute atomic E-state index is 14.7. The molecule has 3 N–H and O–H groups in total. The molecular formula is C34H33FN8O2. The molecule has 5 heterocycles. The largest absolute Gasteiger partial charge is 0.492 e. The number of nitrogens with one attached hydrogen (secondary N) is 3. The summed E-state index contributed by atoms with van der Waals surface area (Å²) in [6.07, 6.45) is 10.9. The van der Waals surface area contributed by atoms with Gasteiger partial charge in [-0.05, 0) is 74.5 Å². The molecular weight excluding hydrogens is 571 g/mol. The molecule has 0 atom stereocenters. The number of ether oxygens (including phenoxy) is 1.